The van der Waals surface area contributed by atoms with Crippen LogP contribution in [0, 0.1) is 18.3 Å². The van der Waals surface area contributed by atoms with Gasteiger partial charge in [-0.25, -0.2) is 9.97 Å². The average Bonchev–Trinajstić information content (AvgIpc) is 3.20. The fourth-order valence-electron chi connectivity index (χ4n) is 3.23. The van der Waals surface area contributed by atoms with E-state index in [9.17, 15) is 9.59 Å². The number of carbonyl (C=O) groups excluding carboxylic acids is 2. The number of nitrogens with zero attached hydrogens (tertiary/aromatic N) is 4. The molecule has 0 aliphatic heterocycles. The number of carbonyl (C=O) groups is 2. The lowest BCUT2D eigenvalue weighted by Gasteiger charge is -2.12. The van der Waals surface area contributed by atoms with Crippen molar-refractivity contribution in [3.8, 4) is 6.07 Å². The average molecular weight is 472 g/mol. The molecule has 0 saturated carbocycles. The van der Waals surface area contributed by atoms with Crippen LogP contribution in [0.4, 0.5) is 22.5 Å². The molecule has 170 valence electrons. The van der Waals surface area contributed by atoms with Crippen LogP contribution in [0.2, 0.25) is 0 Å². The molecule has 9 nitrogen and oxygen atoms in total. The maximum atomic E-state index is 12.8. The lowest BCUT2D eigenvalue weighted by Crippen LogP contribution is -2.12. The van der Waals surface area contributed by atoms with E-state index in [-0.39, 0.29) is 11.8 Å². The highest BCUT2D eigenvalue weighted by Crippen LogP contribution is 2.27. The quantitative estimate of drug-likeness (QED) is 0.352. The zero-order valence-corrected chi connectivity index (χ0v) is 19.4. The second-order valence-corrected chi connectivity index (χ2v) is 8.53. The van der Waals surface area contributed by atoms with Gasteiger partial charge in [0.05, 0.1) is 12.3 Å². The van der Waals surface area contributed by atoms with Crippen LogP contribution in [-0.4, -0.2) is 26.8 Å². The molecule has 0 atom stereocenters. The predicted octanol–water partition coefficient (Wildman–Crippen LogP) is 4.81. The van der Waals surface area contributed by atoms with Crippen molar-refractivity contribution >= 4 is 56.0 Å². The second kappa shape index (κ2) is 10.1. The van der Waals surface area contributed by atoms with Crippen molar-refractivity contribution in [2.45, 2.75) is 26.7 Å². The number of hydrogen-bond acceptors (Lipinski definition) is 8. The number of nitriles is 1. The zero-order chi connectivity index (χ0) is 24.1. The van der Waals surface area contributed by atoms with Crippen LogP contribution < -0.4 is 16.0 Å². The third kappa shape index (κ3) is 5.51. The van der Waals surface area contributed by atoms with E-state index in [4.69, 9.17) is 5.26 Å². The molecule has 0 fully saturated rings. The van der Waals surface area contributed by atoms with Gasteiger partial charge in [-0.2, -0.15) is 10.2 Å². The minimum Gasteiger partial charge on any atom is -0.324 e. The van der Waals surface area contributed by atoms with Crippen LogP contribution >= 0.6 is 11.3 Å². The molecule has 0 bridgehead atoms. The minimum atomic E-state index is -0.235. The van der Waals surface area contributed by atoms with Crippen molar-refractivity contribution in [3.63, 3.8) is 0 Å². The van der Waals surface area contributed by atoms with Gasteiger partial charge in [0.1, 0.15) is 5.52 Å². The SMILES string of the molecule is CC(=O)Nc1nc2cnc(Nc3cc(NC(=O)c4cccc(CCC#N)c4)ccc3C)nc2s1. The van der Waals surface area contributed by atoms with Gasteiger partial charge in [0.25, 0.3) is 5.91 Å². The van der Waals surface area contributed by atoms with Crippen molar-refractivity contribution in [1.82, 2.24) is 15.0 Å². The third-order valence-corrected chi connectivity index (χ3v) is 5.77. The molecular weight excluding hydrogens is 450 g/mol. The summed E-state index contributed by atoms with van der Waals surface area (Å²) in [5.41, 5.74) is 4.37. The van der Waals surface area contributed by atoms with Crippen LogP contribution in [0.5, 0.6) is 0 Å². The van der Waals surface area contributed by atoms with Crippen molar-refractivity contribution in [3.05, 3.63) is 65.4 Å². The molecular formula is C24H21N7O2S. The van der Waals surface area contributed by atoms with Gasteiger partial charge in [-0.15, -0.1) is 0 Å². The predicted molar refractivity (Wildman–Crippen MR) is 132 cm³/mol. The molecule has 0 unspecified atom stereocenters. The lowest BCUT2D eigenvalue weighted by atomic mass is 10.1. The van der Waals surface area contributed by atoms with Gasteiger partial charge in [-0.05, 0) is 48.7 Å². The summed E-state index contributed by atoms with van der Waals surface area (Å²) in [5.74, 6) is -0.0579. The van der Waals surface area contributed by atoms with E-state index in [1.54, 1.807) is 18.3 Å². The summed E-state index contributed by atoms with van der Waals surface area (Å²) < 4.78 is 0. The van der Waals surface area contributed by atoms with Crippen LogP contribution in [0.3, 0.4) is 0 Å². The van der Waals surface area contributed by atoms with Gasteiger partial charge in [0, 0.05) is 30.3 Å². The van der Waals surface area contributed by atoms with Gasteiger partial charge in [-0.1, -0.05) is 29.5 Å². The first-order valence-electron chi connectivity index (χ1n) is 10.5. The number of anilines is 4. The Labute approximate surface area is 199 Å². The van der Waals surface area contributed by atoms with E-state index in [1.807, 2.05) is 37.3 Å². The summed E-state index contributed by atoms with van der Waals surface area (Å²) in [7, 11) is 0. The Kier molecular flexibility index (Phi) is 6.75. The first-order valence-corrected chi connectivity index (χ1v) is 11.3. The van der Waals surface area contributed by atoms with Crippen molar-refractivity contribution in [1.29, 1.82) is 5.26 Å². The molecule has 2 aromatic heterocycles. The Hall–Kier alpha value is -4.36. The molecule has 2 amide bonds. The number of thiazole rings is 1. The number of benzene rings is 2. The summed E-state index contributed by atoms with van der Waals surface area (Å²) in [5, 5.41) is 18.0. The molecule has 0 spiro atoms. The van der Waals surface area contributed by atoms with Gasteiger partial charge in [0.15, 0.2) is 9.96 Å². The fraction of sp³-hybridized carbons (Fsp3) is 0.167. The van der Waals surface area contributed by atoms with E-state index >= 15 is 0 Å². The van der Waals surface area contributed by atoms with Crippen molar-refractivity contribution < 1.29 is 9.59 Å². The van der Waals surface area contributed by atoms with Gasteiger partial charge in [-0.3, -0.25) is 9.59 Å². The summed E-state index contributed by atoms with van der Waals surface area (Å²) in [6.45, 7) is 3.36. The van der Waals surface area contributed by atoms with Gasteiger partial charge >= 0.3 is 0 Å². The molecule has 0 aliphatic rings. The van der Waals surface area contributed by atoms with Crippen LogP contribution in [0.15, 0.2) is 48.7 Å². The number of rotatable bonds is 7. The fourth-order valence-corrected chi connectivity index (χ4v) is 4.08. The second-order valence-electron chi connectivity index (χ2n) is 7.55. The monoisotopic (exact) mass is 471 g/mol. The highest BCUT2D eigenvalue weighted by Gasteiger charge is 2.11. The number of nitrogens with one attached hydrogen (secondary N) is 3. The molecule has 4 rings (SSSR count). The van der Waals surface area contributed by atoms with E-state index in [0.717, 1.165) is 16.8 Å². The van der Waals surface area contributed by atoms with Crippen LogP contribution in [-0.2, 0) is 11.2 Å². The smallest absolute Gasteiger partial charge is 0.255 e. The highest BCUT2D eigenvalue weighted by molar-refractivity contribution is 7.21. The molecule has 10 heteroatoms. The summed E-state index contributed by atoms with van der Waals surface area (Å²) in [4.78, 5) is 37.7. The van der Waals surface area contributed by atoms with E-state index in [0.29, 0.717) is 45.5 Å². The Balaban J connectivity index is 1.50. The molecule has 2 aromatic carbocycles. The van der Waals surface area contributed by atoms with E-state index in [2.05, 4.69) is 37.0 Å². The molecule has 2 heterocycles. The first-order chi connectivity index (χ1) is 16.4. The molecule has 0 saturated heterocycles. The number of hydrogen-bond donors (Lipinski definition) is 3. The van der Waals surface area contributed by atoms with Crippen molar-refractivity contribution in [2.24, 2.45) is 0 Å². The first kappa shape index (κ1) is 22.8. The largest absolute Gasteiger partial charge is 0.324 e. The Morgan fingerprint density at radius 2 is 1.97 bits per heavy atom. The number of fused-ring (bicyclic) bond motifs is 1. The van der Waals surface area contributed by atoms with E-state index in [1.165, 1.54) is 18.3 Å². The molecule has 4 aromatic rings. The third-order valence-electron chi connectivity index (χ3n) is 4.89. The summed E-state index contributed by atoms with van der Waals surface area (Å²) in [6.07, 6.45) is 2.60. The van der Waals surface area contributed by atoms with Crippen molar-refractivity contribution in [2.75, 3.05) is 16.0 Å². The Morgan fingerprint density at radius 1 is 1.12 bits per heavy atom. The molecule has 34 heavy (non-hydrogen) atoms. The number of aromatic nitrogens is 3. The summed E-state index contributed by atoms with van der Waals surface area (Å²) in [6, 6.07) is 14.9. The van der Waals surface area contributed by atoms with Gasteiger partial charge in [0.2, 0.25) is 11.9 Å². The number of amides is 2. The highest BCUT2D eigenvalue weighted by atomic mass is 32.1. The lowest BCUT2D eigenvalue weighted by molar-refractivity contribution is -0.114. The van der Waals surface area contributed by atoms with Gasteiger partial charge < -0.3 is 16.0 Å². The molecule has 3 N–H and O–H groups in total. The standard InChI is InChI=1S/C24H21N7O2S/c1-14-8-9-18(28-21(33)17-7-3-5-16(11-17)6-4-10-25)12-19(14)29-23-26-13-20-22(31-23)34-24(30-20)27-15(2)32/h3,5,7-9,11-13H,4,6H2,1-2H3,(H,28,33)(H,26,29,31)(H,27,30,32). The maximum absolute atomic E-state index is 12.8. The zero-order valence-electron chi connectivity index (χ0n) is 18.5. The molecule has 0 radical (unpaired) electrons. The normalized spacial score (nSPS) is 10.5. The van der Waals surface area contributed by atoms with Crippen LogP contribution in [0.25, 0.3) is 10.3 Å². The molecule has 0 aliphatic carbocycles. The topological polar surface area (TPSA) is 133 Å². The van der Waals surface area contributed by atoms with Crippen LogP contribution in [0.1, 0.15) is 34.8 Å². The Bertz CT molecular complexity index is 1420. The minimum absolute atomic E-state index is 0.200. The maximum Gasteiger partial charge on any atom is 0.255 e. The van der Waals surface area contributed by atoms with E-state index < -0.39 is 0 Å². The summed E-state index contributed by atoms with van der Waals surface area (Å²) >= 11 is 1.26. The Morgan fingerprint density at radius 3 is 2.76 bits per heavy atom. The number of aryl methyl sites for hydroxylation is 2.